The average molecular weight is 266 g/mol. The van der Waals surface area contributed by atoms with Crippen molar-refractivity contribution in [1.82, 2.24) is 0 Å². The Labute approximate surface area is 120 Å². The Balaban J connectivity index is 2.23. The lowest BCUT2D eigenvalue weighted by Gasteiger charge is -2.08. The van der Waals surface area contributed by atoms with Gasteiger partial charge in [0, 0.05) is 11.1 Å². The molecular formula is C18H18O2. The fourth-order valence-electron chi connectivity index (χ4n) is 1.93. The summed E-state index contributed by atoms with van der Waals surface area (Å²) in [6, 6.07) is 16.2. The molecule has 0 aliphatic carbocycles. The minimum Gasteiger partial charge on any atom is -0.497 e. The van der Waals surface area contributed by atoms with E-state index in [0.29, 0.717) is 11.5 Å². The van der Waals surface area contributed by atoms with Crippen LogP contribution < -0.4 is 0 Å². The van der Waals surface area contributed by atoms with Gasteiger partial charge in [-0.2, -0.15) is 0 Å². The van der Waals surface area contributed by atoms with Crippen molar-refractivity contribution < 1.29 is 9.47 Å². The van der Waals surface area contributed by atoms with E-state index in [-0.39, 0.29) is 0 Å². The predicted octanol–water partition coefficient (Wildman–Crippen LogP) is 4.59. The van der Waals surface area contributed by atoms with Gasteiger partial charge >= 0.3 is 0 Å². The van der Waals surface area contributed by atoms with Gasteiger partial charge in [0.05, 0.1) is 14.2 Å². The Morgan fingerprint density at radius 3 is 1.20 bits per heavy atom. The lowest BCUT2D eigenvalue weighted by atomic mass is 10.0. The van der Waals surface area contributed by atoms with Crippen LogP contribution in [0.4, 0.5) is 0 Å². The fourth-order valence-corrected chi connectivity index (χ4v) is 1.93. The van der Waals surface area contributed by atoms with E-state index in [1.165, 1.54) is 0 Å². The minimum absolute atomic E-state index is 0.670. The summed E-state index contributed by atoms with van der Waals surface area (Å²) < 4.78 is 10.2. The van der Waals surface area contributed by atoms with E-state index in [1.807, 2.05) is 24.3 Å². The van der Waals surface area contributed by atoms with Gasteiger partial charge in [0.2, 0.25) is 0 Å². The third-order valence-electron chi connectivity index (χ3n) is 3.24. The number of ether oxygens (including phenoxy) is 2. The monoisotopic (exact) mass is 266 g/mol. The molecule has 20 heavy (non-hydrogen) atoms. The molecule has 0 radical (unpaired) electrons. The maximum absolute atomic E-state index is 5.12. The van der Waals surface area contributed by atoms with Crippen molar-refractivity contribution in [3.8, 4) is 11.1 Å². The normalized spacial score (nSPS) is 9.90. The highest BCUT2D eigenvalue weighted by Crippen LogP contribution is 2.24. The first kappa shape index (κ1) is 13.9. The SMILES string of the molecule is C=C(OC)c1ccc(-c2ccc(C(=C)OC)cc2)cc1. The molecule has 0 saturated carbocycles. The molecule has 2 heteroatoms. The van der Waals surface area contributed by atoms with Crippen LogP contribution in [-0.2, 0) is 9.47 Å². The van der Waals surface area contributed by atoms with Crippen LogP contribution in [0.3, 0.4) is 0 Å². The van der Waals surface area contributed by atoms with Crippen LogP contribution in [0.5, 0.6) is 0 Å². The Kier molecular flexibility index (Phi) is 4.26. The lowest BCUT2D eigenvalue weighted by molar-refractivity contribution is 0.371. The average Bonchev–Trinajstić information content (AvgIpc) is 2.53. The van der Waals surface area contributed by atoms with Crippen LogP contribution in [-0.4, -0.2) is 14.2 Å². The van der Waals surface area contributed by atoms with E-state index in [2.05, 4.69) is 37.4 Å². The Morgan fingerprint density at radius 2 is 0.950 bits per heavy atom. The Bertz CT molecular complexity index is 549. The molecule has 2 rings (SSSR count). The van der Waals surface area contributed by atoms with Crippen molar-refractivity contribution in [1.29, 1.82) is 0 Å². The smallest absolute Gasteiger partial charge is 0.118 e. The van der Waals surface area contributed by atoms with Crippen LogP contribution in [0.25, 0.3) is 22.6 Å². The molecule has 0 heterocycles. The summed E-state index contributed by atoms with van der Waals surface area (Å²) in [5.74, 6) is 1.34. The van der Waals surface area contributed by atoms with Crippen LogP contribution >= 0.6 is 0 Å². The van der Waals surface area contributed by atoms with Crippen molar-refractivity contribution >= 4 is 11.5 Å². The molecule has 0 N–H and O–H groups in total. The Morgan fingerprint density at radius 1 is 0.650 bits per heavy atom. The van der Waals surface area contributed by atoms with E-state index >= 15 is 0 Å². The van der Waals surface area contributed by atoms with Gasteiger partial charge in [0.25, 0.3) is 0 Å². The topological polar surface area (TPSA) is 18.5 Å². The number of benzene rings is 2. The van der Waals surface area contributed by atoms with E-state index in [0.717, 1.165) is 22.3 Å². The molecule has 0 bridgehead atoms. The first-order chi connectivity index (χ1) is 9.65. The zero-order valence-electron chi connectivity index (χ0n) is 11.8. The minimum atomic E-state index is 0.670. The van der Waals surface area contributed by atoms with Gasteiger partial charge in [-0.3, -0.25) is 0 Å². The van der Waals surface area contributed by atoms with Crippen molar-refractivity contribution in [3.05, 3.63) is 72.8 Å². The number of hydrogen-bond acceptors (Lipinski definition) is 2. The van der Waals surface area contributed by atoms with Gasteiger partial charge in [0.1, 0.15) is 11.5 Å². The highest BCUT2D eigenvalue weighted by molar-refractivity contribution is 5.69. The van der Waals surface area contributed by atoms with Gasteiger partial charge in [-0.1, -0.05) is 61.7 Å². The van der Waals surface area contributed by atoms with Crippen molar-refractivity contribution in [2.45, 2.75) is 0 Å². The molecule has 2 aromatic rings. The molecule has 0 saturated heterocycles. The first-order valence-electron chi connectivity index (χ1n) is 6.32. The van der Waals surface area contributed by atoms with E-state index in [1.54, 1.807) is 14.2 Å². The number of hydrogen-bond donors (Lipinski definition) is 0. The zero-order valence-corrected chi connectivity index (χ0v) is 11.8. The highest BCUT2D eigenvalue weighted by Gasteiger charge is 2.02. The van der Waals surface area contributed by atoms with Gasteiger partial charge < -0.3 is 9.47 Å². The molecule has 0 aromatic heterocycles. The van der Waals surface area contributed by atoms with Crippen LogP contribution in [0.2, 0.25) is 0 Å². The van der Waals surface area contributed by atoms with E-state index in [4.69, 9.17) is 9.47 Å². The van der Waals surface area contributed by atoms with Gasteiger partial charge in [-0.15, -0.1) is 0 Å². The van der Waals surface area contributed by atoms with E-state index < -0.39 is 0 Å². The van der Waals surface area contributed by atoms with Crippen molar-refractivity contribution in [3.63, 3.8) is 0 Å². The zero-order chi connectivity index (χ0) is 14.5. The van der Waals surface area contributed by atoms with Crippen LogP contribution in [0.15, 0.2) is 61.7 Å². The largest absolute Gasteiger partial charge is 0.497 e. The first-order valence-corrected chi connectivity index (χ1v) is 6.32. The standard InChI is InChI=1S/C18H18O2/c1-13(19-3)15-5-9-17(10-6-15)18-11-7-16(8-12-18)14(2)20-4/h5-12H,1-2H2,3-4H3. The molecular weight excluding hydrogens is 248 g/mol. The summed E-state index contributed by atoms with van der Waals surface area (Å²) in [6.45, 7) is 7.68. The van der Waals surface area contributed by atoms with Crippen LogP contribution in [0.1, 0.15) is 11.1 Å². The molecule has 2 aromatic carbocycles. The summed E-state index contributed by atoms with van der Waals surface area (Å²) in [6.07, 6.45) is 0. The molecule has 0 aliphatic heterocycles. The third-order valence-corrected chi connectivity index (χ3v) is 3.24. The molecule has 0 amide bonds. The molecule has 2 nitrogen and oxygen atoms in total. The summed E-state index contributed by atoms with van der Waals surface area (Å²) in [4.78, 5) is 0. The van der Waals surface area contributed by atoms with Crippen molar-refractivity contribution in [2.24, 2.45) is 0 Å². The lowest BCUT2D eigenvalue weighted by Crippen LogP contribution is -1.87. The molecule has 0 unspecified atom stereocenters. The second-order valence-electron chi connectivity index (χ2n) is 4.41. The quantitative estimate of drug-likeness (QED) is 0.737. The summed E-state index contributed by atoms with van der Waals surface area (Å²) in [5, 5.41) is 0. The Hall–Kier alpha value is -2.48. The molecule has 0 atom stereocenters. The second kappa shape index (κ2) is 6.11. The molecule has 102 valence electrons. The molecule has 0 aliphatic rings. The number of rotatable bonds is 5. The maximum Gasteiger partial charge on any atom is 0.118 e. The van der Waals surface area contributed by atoms with Gasteiger partial charge in [-0.05, 0) is 11.1 Å². The fraction of sp³-hybridized carbons (Fsp3) is 0.111. The molecule has 0 spiro atoms. The van der Waals surface area contributed by atoms with Gasteiger partial charge in [0.15, 0.2) is 0 Å². The third kappa shape index (κ3) is 2.91. The molecule has 0 fully saturated rings. The van der Waals surface area contributed by atoms with Crippen molar-refractivity contribution in [2.75, 3.05) is 14.2 Å². The van der Waals surface area contributed by atoms with E-state index in [9.17, 15) is 0 Å². The predicted molar refractivity (Wildman–Crippen MR) is 84.0 cm³/mol. The van der Waals surface area contributed by atoms with Crippen LogP contribution in [0, 0.1) is 0 Å². The summed E-state index contributed by atoms with van der Waals surface area (Å²) >= 11 is 0. The maximum atomic E-state index is 5.12. The summed E-state index contributed by atoms with van der Waals surface area (Å²) in [5.41, 5.74) is 4.26. The summed E-state index contributed by atoms with van der Waals surface area (Å²) in [7, 11) is 3.25. The second-order valence-corrected chi connectivity index (χ2v) is 4.41. The van der Waals surface area contributed by atoms with Gasteiger partial charge in [-0.25, -0.2) is 0 Å². The number of methoxy groups -OCH3 is 2. The highest BCUT2D eigenvalue weighted by atomic mass is 16.5.